The van der Waals surface area contributed by atoms with Crippen molar-refractivity contribution in [2.45, 2.75) is 40.0 Å². The maximum absolute atomic E-state index is 12.0. The summed E-state index contributed by atoms with van der Waals surface area (Å²) in [5.41, 5.74) is 2.99. The zero-order chi connectivity index (χ0) is 14.2. The summed E-state index contributed by atoms with van der Waals surface area (Å²) in [6, 6.07) is 1.99. The summed E-state index contributed by atoms with van der Waals surface area (Å²) in [5, 5.41) is 0. The number of pyridine rings is 1. The molecule has 0 amide bonds. The second kappa shape index (κ2) is 4.61. The van der Waals surface area contributed by atoms with Gasteiger partial charge in [-0.05, 0) is 25.5 Å². The number of hydrogen-bond acceptors (Lipinski definition) is 3. The van der Waals surface area contributed by atoms with E-state index < -0.39 is 0 Å². The van der Waals surface area contributed by atoms with Crippen molar-refractivity contribution in [2.24, 2.45) is 0 Å². The van der Waals surface area contributed by atoms with Gasteiger partial charge >= 0.3 is 0 Å². The van der Waals surface area contributed by atoms with E-state index in [2.05, 4.69) is 15.0 Å². The molecule has 2 heterocycles. The van der Waals surface area contributed by atoms with Crippen molar-refractivity contribution in [3.05, 3.63) is 45.8 Å². The van der Waals surface area contributed by atoms with Gasteiger partial charge in [-0.1, -0.05) is 20.8 Å². The molecular weight excluding hydrogens is 238 g/mol. The number of nitrogens with zero attached hydrogens (tertiary/aromatic N) is 2. The van der Waals surface area contributed by atoms with E-state index in [9.17, 15) is 4.79 Å². The summed E-state index contributed by atoms with van der Waals surface area (Å²) >= 11 is 0. The van der Waals surface area contributed by atoms with Crippen LogP contribution in [0.15, 0.2) is 23.3 Å². The molecule has 0 radical (unpaired) electrons. The summed E-state index contributed by atoms with van der Waals surface area (Å²) in [5.74, 6) is 0.694. The highest BCUT2D eigenvalue weighted by Crippen LogP contribution is 2.23. The lowest BCUT2D eigenvalue weighted by Crippen LogP contribution is -2.24. The number of aromatic nitrogens is 3. The van der Waals surface area contributed by atoms with Crippen LogP contribution in [0.25, 0.3) is 11.3 Å². The molecule has 0 unspecified atom stereocenters. The van der Waals surface area contributed by atoms with E-state index in [0.29, 0.717) is 17.1 Å². The van der Waals surface area contributed by atoms with Crippen molar-refractivity contribution in [1.82, 2.24) is 15.0 Å². The van der Waals surface area contributed by atoms with Crippen LogP contribution in [0.2, 0.25) is 0 Å². The van der Waals surface area contributed by atoms with Gasteiger partial charge in [-0.25, -0.2) is 4.98 Å². The minimum absolute atomic E-state index is 0.0866. The smallest absolute Gasteiger partial charge is 0.254 e. The number of H-pyrrole nitrogens is 1. The van der Waals surface area contributed by atoms with Crippen molar-refractivity contribution in [1.29, 1.82) is 0 Å². The Morgan fingerprint density at radius 1 is 1.16 bits per heavy atom. The fourth-order valence-corrected chi connectivity index (χ4v) is 1.85. The van der Waals surface area contributed by atoms with Crippen LogP contribution in [0.3, 0.4) is 0 Å². The van der Waals surface area contributed by atoms with Crippen LogP contribution in [-0.2, 0) is 5.41 Å². The number of aryl methyl sites for hydroxylation is 1. The molecule has 0 bridgehead atoms. The lowest BCUT2D eigenvalue weighted by molar-refractivity contribution is 0.542. The summed E-state index contributed by atoms with van der Waals surface area (Å²) in [6.45, 7) is 9.84. The topological polar surface area (TPSA) is 58.6 Å². The van der Waals surface area contributed by atoms with E-state index in [0.717, 1.165) is 11.1 Å². The molecule has 0 fully saturated rings. The first kappa shape index (κ1) is 13.5. The average molecular weight is 257 g/mol. The first-order valence-electron chi connectivity index (χ1n) is 6.32. The van der Waals surface area contributed by atoms with Crippen LogP contribution in [-0.4, -0.2) is 15.0 Å². The fraction of sp³-hybridized carbons (Fsp3) is 0.400. The third-order valence-corrected chi connectivity index (χ3v) is 3.01. The normalized spacial score (nSPS) is 11.6. The highest BCUT2D eigenvalue weighted by atomic mass is 16.1. The maximum Gasteiger partial charge on any atom is 0.254 e. The van der Waals surface area contributed by atoms with Crippen LogP contribution in [0, 0.1) is 13.8 Å². The molecule has 0 aliphatic carbocycles. The molecule has 4 heteroatoms. The molecular formula is C15H19N3O. The van der Waals surface area contributed by atoms with Crippen molar-refractivity contribution in [3.8, 4) is 11.3 Å². The van der Waals surface area contributed by atoms with Crippen molar-refractivity contribution in [2.75, 3.05) is 0 Å². The molecule has 19 heavy (non-hydrogen) atoms. The standard InChI is InChI=1S/C15H19N3O/c1-9-6-11(8-16-7-9)12-10(2)13(19)18-14(17-12)15(3,4)5/h6-8H,1-5H3,(H,17,18,19). The molecule has 0 aliphatic rings. The summed E-state index contributed by atoms with van der Waals surface area (Å²) in [4.78, 5) is 23.7. The van der Waals surface area contributed by atoms with Crippen LogP contribution in [0.1, 0.15) is 37.7 Å². The lowest BCUT2D eigenvalue weighted by Gasteiger charge is -2.18. The molecule has 0 spiro atoms. The van der Waals surface area contributed by atoms with Gasteiger partial charge in [-0.3, -0.25) is 9.78 Å². The molecule has 0 aromatic carbocycles. The minimum Gasteiger partial charge on any atom is -0.310 e. The molecule has 1 N–H and O–H groups in total. The Balaban J connectivity index is 2.70. The Labute approximate surface area is 112 Å². The highest BCUT2D eigenvalue weighted by Gasteiger charge is 2.19. The second-order valence-electron chi connectivity index (χ2n) is 5.89. The third kappa shape index (κ3) is 2.72. The van der Waals surface area contributed by atoms with Gasteiger partial charge in [0.1, 0.15) is 5.82 Å². The van der Waals surface area contributed by atoms with Crippen molar-refractivity contribution in [3.63, 3.8) is 0 Å². The molecule has 0 saturated carbocycles. The first-order chi connectivity index (χ1) is 8.79. The predicted octanol–water partition coefficient (Wildman–Crippen LogP) is 2.75. The second-order valence-corrected chi connectivity index (χ2v) is 5.89. The number of hydrogen-bond donors (Lipinski definition) is 1. The zero-order valence-corrected chi connectivity index (χ0v) is 12.0. The zero-order valence-electron chi connectivity index (χ0n) is 12.0. The highest BCUT2D eigenvalue weighted by molar-refractivity contribution is 5.62. The third-order valence-electron chi connectivity index (χ3n) is 3.01. The van der Waals surface area contributed by atoms with Gasteiger partial charge in [-0.15, -0.1) is 0 Å². The molecule has 2 rings (SSSR count). The first-order valence-corrected chi connectivity index (χ1v) is 6.32. The summed E-state index contributed by atoms with van der Waals surface area (Å²) in [7, 11) is 0. The quantitative estimate of drug-likeness (QED) is 0.854. The summed E-state index contributed by atoms with van der Waals surface area (Å²) < 4.78 is 0. The number of rotatable bonds is 1. The average Bonchev–Trinajstić information content (AvgIpc) is 2.31. The Morgan fingerprint density at radius 3 is 2.42 bits per heavy atom. The van der Waals surface area contributed by atoms with Gasteiger partial charge in [0.2, 0.25) is 0 Å². The van der Waals surface area contributed by atoms with E-state index >= 15 is 0 Å². The molecule has 0 atom stereocenters. The summed E-state index contributed by atoms with van der Waals surface area (Å²) in [6.07, 6.45) is 3.53. The van der Waals surface area contributed by atoms with Crippen LogP contribution >= 0.6 is 0 Å². The number of nitrogens with one attached hydrogen (secondary N) is 1. The molecule has 4 nitrogen and oxygen atoms in total. The predicted molar refractivity (Wildman–Crippen MR) is 76.3 cm³/mol. The van der Waals surface area contributed by atoms with Crippen LogP contribution in [0.5, 0.6) is 0 Å². The fourth-order valence-electron chi connectivity index (χ4n) is 1.85. The molecule has 0 aliphatic heterocycles. The minimum atomic E-state index is -0.196. The molecule has 100 valence electrons. The van der Waals surface area contributed by atoms with Gasteiger partial charge in [0, 0.05) is 28.9 Å². The molecule has 0 saturated heterocycles. The monoisotopic (exact) mass is 257 g/mol. The van der Waals surface area contributed by atoms with E-state index in [1.807, 2.05) is 33.8 Å². The van der Waals surface area contributed by atoms with E-state index in [4.69, 9.17) is 0 Å². The van der Waals surface area contributed by atoms with E-state index in [-0.39, 0.29) is 11.0 Å². The largest absolute Gasteiger partial charge is 0.310 e. The lowest BCUT2D eigenvalue weighted by atomic mass is 9.95. The van der Waals surface area contributed by atoms with Gasteiger partial charge < -0.3 is 4.98 Å². The van der Waals surface area contributed by atoms with Gasteiger partial charge in [0.15, 0.2) is 0 Å². The van der Waals surface area contributed by atoms with Gasteiger partial charge in [-0.2, -0.15) is 0 Å². The Hall–Kier alpha value is -1.97. The maximum atomic E-state index is 12.0. The Bertz CT molecular complexity index is 666. The van der Waals surface area contributed by atoms with Gasteiger partial charge in [0.05, 0.1) is 5.69 Å². The van der Waals surface area contributed by atoms with Crippen molar-refractivity contribution >= 4 is 0 Å². The van der Waals surface area contributed by atoms with Crippen LogP contribution in [0.4, 0.5) is 0 Å². The Morgan fingerprint density at radius 2 is 1.84 bits per heavy atom. The molecule has 2 aromatic heterocycles. The van der Waals surface area contributed by atoms with Gasteiger partial charge in [0.25, 0.3) is 5.56 Å². The SMILES string of the molecule is Cc1cncc(-c2nc(C(C)(C)C)[nH]c(=O)c2C)c1. The molecule has 2 aromatic rings. The number of aromatic amines is 1. The van der Waals surface area contributed by atoms with Crippen LogP contribution < -0.4 is 5.56 Å². The van der Waals surface area contributed by atoms with Crippen molar-refractivity contribution < 1.29 is 0 Å². The Kier molecular flexibility index (Phi) is 3.27. The van der Waals surface area contributed by atoms with E-state index in [1.165, 1.54) is 0 Å². The van der Waals surface area contributed by atoms with E-state index in [1.54, 1.807) is 19.3 Å².